The molecule has 0 aliphatic heterocycles. The number of fused-ring (bicyclic) bond motifs is 1. The second-order valence-corrected chi connectivity index (χ2v) is 7.45. The third kappa shape index (κ3) is 3.68. The van der Waals surface area contributed by atoms with E-state index in [1.807, 2.05) is 64.5 Å². The number of thiazole rings is 1. The molecule has 0 atom stereocenters. The molecule has 1 N–H and O–H groups in total. The van der Waals surface area contributed by atoms with Gasteiger partial charge in [0.1, 0.15) is 17.2 Å². The number of benzene rings is 1. The Bertz CT molecular complexity index is 1310. The number of nitrogens with zero attached hydrogens (tertiary/aromatic N) is 5. The van der Waals surface area contributed by atoms with Crippen LogP contribution in [0.25, 0.3) is 27.6 Å². The summed E-state index contributed by atoms with van der Waals surface area (Å²) < 4.78 is 1.91. The number of amides is 1. The number of carbonyl (C=O) groups is 1. The van der Waals surface area contributed by atoms with E-state index in [0.29, 0.717) is 11.4 Å². The molecular weight excluding hydrogens is 396 g/mol. The minimum Gasteiger partial charge on any atom is -0.324 e. The van der Waals surface area contributed by atoms with Gasteiger partial charge in [-0.15, -0.1) is 11.3 Å². The number of para-hydroxylation sites is 2. The standard InChI is InChI=1S/C22H16N6OS/c29-21(11-16-13-30-22(27-16)18-6-3-4-10-23-18)26-15-8-9-20(24-12-15)28-14-25-17-5-1-2-7-19(17)28/h1-10,12-14H,11H2,(H,26,29). The van der Waals surface area contributed by atoms with E-state index in [9.17, 15) is 4.79 Å². The minimum atomic E-state index is -0.143. The Morgan fingerprint density at radius 2 is 1.90 bits per heavy atom. The highest BCUT2D eigenvalue weighted by Crippen LogP contribution is 2.22. The van der Waals surface area contributed by atoms with Gasteiger partial charge in [0.25, 0.3) is 0 Å². The molecule has 0 saturated heterocycles. The molecule has 0 aliphatic rings. The third-order valence-corrected chi connectivity index (χ3v) is 5.42. The summed E-state index contributed by atoms with van der Waals surface area (Å²) in [6.45, 7) is 0. The SMILES string of the molecule is O=C(Cc1csc(-c2ccccn2)n1)Nc1ccc(-n2cnc3ccccc32)nc1. The number of pyridine rings is 2. The van der Waals surface area contributed by atoms with Crippen LogP contribution in [0.3, 0.4) is 0 Å². The predicted molar refractivity (Wildman–Crippen MR) is 117 cm³/mol. The summed E-state index contributed by atoms with van der Waals surface area (Å²) >= 11 is 1.48. The molecule has 5 aromatic rings. The number of hydrogen-bond acceptors (Lipinski definition) is 6. The van der Waals surface area contributed by atoms with E-state index in [1.54, 1.807) is 18.7 Å². The van der Waals surface area contributed by atoms with Gasteiger partial charge in [0.2, 0.25) is 5.91 Å². The number of aromatic nitrogens is 5. The van der Waals surface area contributed by atoms with Crippen molar-refractivity contribution in [3.63, 3.8) is 0 Å². The van der Waals surface area contributed by atoms with Crippen LogP contribution in [-0.2, 0) is 11.2 Å². The molecular formula is C22H16N6OS. The maximum absolute atomic E-state index is 12.4. The van der Waals surface area contributed by atoms with Crippen LogP contribution in [0.4, 0.5) is 5.69 Å². The van der Waals surface area contributed by atoms with E-state index < -0.39 is 0 Å². The average Bonchev–Trinajstić information content (AvgIpc) is 3.42. The molecule has 4 heterocycles. The molecule has 0 spiro atoms. The van der Waals surface area contributed by atoms with E-state index in [2.05, 4.69) is 25.3 Å². The second kappa shape index (κ2) is 7.84. The van der Waals surface area contributed by atoms with Crippen molar-refractivity contribution in [2.24, 2.45) is 0 Å². The fraction of sp³-hybridized carbons (Fsp3) is 0.0455. The van der Waals surface area contributed by atoms with Crippen molar-refractivity contribution >= 4 is 34.0 Å². The summed E-state index contributed by atoms with van der Waals surface area (Å²) in [5.41, 5.74) is 4.04. The fourth-order valence-corrected chi connectivity index (χ4v) is 3.90. The summed E-state index contributed by atoms with van der Waals surface area (Å²) in [5, 5.41) is 5.56. The molecule has 7 nitrogen and oxygen atoms in total. The maximum atomic E-state index is 12.4. The highest BCUT2D eigenvalue weighted by Gasteiger charge is 2.11. The lowest BCUT2D eigenvalue weighted by atomic mass is 10.3. The number of carbonyl (C=O) groups excluding carboxylic acids is 1. The van der Waals surface area contributed by atoms with Crippen LogP contribution in [0.5, 0.6) is 0 Å². The second-order valence-electron chi connectivity index (χ2n) is 6.59. The first-order chi connectivity index (χ1) is 14.8. The van der Waals surface area contributed by atoms with Gasteiger partial charge in [0.05, 0.1) is 40.7 Å². The number of rotatable bonds is 5. The Kier molecular flexibility index (Phi) is 4.74. The van der Waals surface area contributed by atoms with Gasteiger partial charge in [-0.2, -0.15) is 0 Å². The lowest BCUT2D eigenvalue weighted by Crippen LogP contribution is -2.14. The van der Waals surface area contributed by atoms with E-state index >= 15 is 0 Å². The minimum absolute atomic E-state index is 0.143. The first-order valence-corrected chi connectivity index (χ1v) is 10.2. The zero-order valence-electron chi connectivity index (χ0n) is 15.8. The molecule has 0 aliphatic carbocycles. The Morgan fingerprint density at radius 3 is 2.73 bits per heavy atom. The highest BCUT2D eigenvalue weighted by atomic mass is 32.1. The lowest BCUT2D eigenvalue weighted by molar-refractivity contribution is -0.115. The van der Waals surface area contributed by atoms with Crippen LogP contribution in [-0.4, -0.2) is 30.4 Å². The Hall–Kier alpha value is -3.91. The molecule has 146 valence electrons. The Labute approximate surface area is 176 Å². The fourth-order valence-electron chi connectivity index (χ4n) is 3.11. The van der Waals surface area contributed by atoms with Gasteiger partial charge >= 0.3 is 0 Å². The Morgan fingerprint density at radius 1 is 1.00 bits per heavy atom. The van der Waals surface area contributed by atoms with Gasteiger partial charge in [-0.05, 0) is 36.4 Å². The molecule has 1 amide bonds. The largest absolute Gasteiger partial charge is 0.324 e. The monoisotopic (exact) mass is 412 g/mol. The molecule has 0 unspecified atom stereocenters. The number of imidazole rings is 1. The van der Waals surface area contributed by atoms with Crippen molar-refractivity contribution in [3.8, 4) is 16.5 Å². The molecule has 4 aromatic heterocycles. The average molecular weight is 412 g/mol. The van der Waals surface area contributed by atoms with Crippen molar-refractivity contribution in [3.05, 3.63) is 84.4 Å². The van der Waals surface area contributed by atoms with Gasteiger partial charge in [0.15, 0.2) is 0 Å². The molecule has 5 rings (SSSR count). The molecule has 0 fully saturated rings. The van der Waals surface area contributed by atoms with Gasteiger partial charge in [0, 0.05) is 11.6 Å². The van der Waals surface area contributed by atoms with Gasteiger partial charge < -0.3 is 5.32 Å². The van der Waals surface area contributed by atoms with E-state index in [0.717, 1.165) is 27.6 Å². The third-order valence-electron chi connectivity index (χ3n) is 4.51. The topological polar surface area (TPSA) is 85.6 Å². The van der Waals surface area contributed by atoms with Gasteiger partial charge in [-0.1, -0.05) is 18.2 Å². The summed E-state index contributed by atoms with van der Waals surface area (Å²) in [5.74, 6) is 0.594. The van der Waals surface area contributed by atoms with E-state index in [1.165, 1.54) is 11.3 Å². The van der Waals surface area contributed by atoms with E-state index in [-0.39, 0.29) is 12.3 Å². The van der Waals surface area contributed by atoms with Crippen molar-refractivity contribution in [1.82, 2.24) is 24.5 Å². The van der Waals surface area contributed by atoms with E-state index in [4.69, 9.17) is 0 Å². The van der Waals surface area contributed by atoms with Crippen molar-refractivity contribution < 1.29 is 4.79 Å². The summed E-state index contributed by atoms with van der Waals surface area (Å²) in [6.07, 6.45) is 5.30. The summed E-state index contributed by atoms with van der Waals surface area (Å²) in [4.78, 5) is 30.1. The molecule has 8 heteroatoms. The molecule has 0 radical (unpaired) electrons. The van der Waals surface area contributed by atoms with Crippen molar-refractivity contribution in [2.75, 3.05) is 5.32 Å². The van der Waals surface area contributed by atoms with Crippen molar-refractivity contribution in [2.45, 2.75) is 6.42 Å². The zero-order valence-corrected chi connectivity index (χ0v) is 16.6. The van der Waals surface area contributed by atoms with Crippen LogP contribution in [0.1, 0.15) is 5.69 Å². The zero-order chi connectivity index (χ0) is 20.3. The summed E-state index contributed by atoms with van der Waals surface area (Å²) in [6, 6.07) is 17.2. The lowest BCUT2D eigenvalue weighted by Gasteiger charge is -2.06. The number of hydrogen-bond donors (Lipinski definition) is 1. The smallest absolute Gasteiger partial charge is 0.230 e. The van der Waals surface area contributed by atoms with Crippen LogP contribution < -0.4 is 5.32 Å². The molecule has 0 bridgehead atoms. The van der Waals surface area contributed by atoms with Gasteiger partial charge in [-0.3, -0.25) is 14.3 Å². The van der Waals surface area contributed by atoms with Crippen LogP contribution >= 0.6 is 11.3 Å². The van der Waals surface area contributed by atoms with Crippen LogP contribution in [0.15, 0.2) is 78.7 Å². The number of nitrogens with one attached hydrogen (secondary N) is 1. The summed E-state index contributed by atoms with van der Waals surface area (Å²) in [7, 11) is 0. The Balaban J connectivity index is 1.26. The van der Waals surface area contributed by atoms with Crippen LogP contribution in [0, 0.1) is 0 Å². The maximum Gasteiger partial charge on any atom is 0.230 e. The molecule has 1 aromatic carbocycles. The van der Waals surface area contributed by atoms with Gasteiger partial charge in [-0.25, -0.2) is 15.0 Å². The first kappa shape index (κ1) is 18.1. The number of anilines is 1. The van der Waals surface area contributed by atoms with Crippen molar-refractivity contribution in [1.29, 1.82) is 0 Å². The first-order valence-electron chi connectivity index (χ1n) is 9.30. The predicted octanol–water partition coefficient (Wildman–Crippen LogP) is 4.12. The van der Waals surface area contributed by atoms with Crippen LogP contribution in [0.2, 0.25) is 0 Å². The molecule has 0 saturated carbocycles. The molecule has 30 heavy (non-hydrogen) atoms. The quantitative estimate of drug-likeness (QED) is 0.469. The normalized spacial score (nSPS) is 10.9. The highest BCUT2D eigenvalue weighted by molar-refractivity contribution is 7.13.